The third kappa shape index (κ3) is 2.21. The van der Waals surface area contributed by atoms with Gasteiger partial charge in [0, 0.05) is 43.7 Å². The Morgan fingerprint density at radius 2 is 2.53 bits per heavy atom. The lowest BCUT2D eigenvalue weighted by molar-refractivity contribution is -0.127. The second-order valence-electron chi connectivity index (χ2n) is 3.85. The zero-order valence-electron chi connectivity index (χ0n) is 8.57. The molecule has 1 atom stereocenters. The van der Waals surface area contributed by atoms with Crippen molar-refractivity contribution in [2.24, 2.45) is 5.92 Å². The van der Waals surface area contributed by atoms with Gasteiger partial charge < -0.3 is 9.88 Å². The van der Waals surface area contributed by atoms with Gasteiger partial charge in [-0.05, 0) is 12.1 Å². The minimum absolute atomic E-state index is 0.112. The van der Waals surface area contributed by atoms with Crippen LogP contribution >= 0.6 is 0 Å². The Morgan fingerprint density at radius 3 is 3.13 bits per heavy atom. The molecule has 0 bridgehead atoms. The van der Waals surface area contributed by atoms with E-state index in [-0.39, 0.29) is 11.8 Å². The van der Waals surface area contributed by atoms with Gasteiger partial charge in [0.05, 0.1) is 0 Å². The zero-order valence-corrected chi connectivity index (χ0v) is 8.57. The fraction of sp³-hybridized carbons (Fsp3) is 0.417. The molecular weight excluding hydrogens is 188 g/mol. The summed E-state index contributed by atoms with van der Waals surface area (Å²) in [7, 11) is 0. The second kappa shape index (κ2) is 4.22. The Kier molecular flexibility index (Phi) is 2.77. The summed E-state index contributed by atoms with van der Waals surface area (Å²) >= 11 is 0. The number of hydrogen-bond acceptors (Lipinski definition) is 1. The Hall–Kier alpha value is -1.69. The second-order valence-corrected chi connectivity index (χ2v) is 3.85. The lowest BCUT2D eigenvalue weighted by Crippen LogP contribution is -2.27. The van der Waals surface area contributed by atoms with Gasteiger partial charge in [-0.3, -0.25) is 4.79 Å². The van der Waals surface area contributed by atoms with Crippen molar-refractivity contribution in [3.05, 3.63) is 24.0 Å². The largest absolute Gasteiger partial charge is 0.365 e. The molecule has 1 aromatic rings. The predicted octanol–water partition coefficient (Wildman–Crippen LogP) is 1.04. The first kappa shape index (κ1) is 9.85. The number of H-pyrrole nitrogens is 1. The number of likely N-dealkylation sites (tertiary alicyclic amines) is 1. The standard InChI is InChI=1S/C12H14N2O/c1-2-10-8-12(15)14(9-10)7-5-11-4-3-6-13-11/h1,3-4,6,10,13H,5,7-9H2. The molecule has 1 aromatic heterocycles. The lowest BCUT2D eigenvalue weighted by Gasteiger charge is -2.14. The van der Waals surface area contributed by atoms with Crippen LogP contribution in [0.15, 0.2) is 18.3 Å². The molecule has 1 saturated heterocycles. The maximum atomic E-state index is 11.5. The molecule has 1 aliphatic heterocycles. The Morgan fingerprint density at radius 1 is 1.67 bits per heavy atom. The molecule has 0 saturated carbocycles. The SMILES string of the molecule is C#CC1CC(=O)N(CCc2ccc[nH]2)C1. The van der Waals surface area contributed by atoms with Crippen molar-refractivity contribution in [3.63, 3.8) is 0 Å². The first-order valence-electron chi connectivity index (χ1n) is 5.16. The normalized spacial score (nSPS) is 20.6. The van der Waals surface area contributed by atoms with Crippen molar-refractivity contribution in [1.29, 1.82) is 0 Å². The van der Waals surface area contributed by atoms with Gasteiger partial charge in [0.15, 0.2) is 0 Å². The van der Waals surface area contributed by atoms with Crippen LogP contribution in [0.25, 0.3) is 0 Å². The van der Waals surface area contributed by atoms with Gasteiger partial charge in [-0.2, -0.15) is 0 Å². The fourth-order valence-corrected chi connectivity index (χ4v) is 1.88. The molecule has 15 heavy (non-hydrogen) atoms. The zero-order chi connectivity index (χ0) is 10.7. The van der Waals surface area contributed by atoms with Gasteiger partial charge in [0.2, 0.25) is 5.91 Å². The summed E-state index contributed by atoms with van der Waals surface area (Å²) in [5, 5.41) is 0. The lowest BCUT2D eigenvalue weighted by atomic mass is 10.1. The highest BCUT2D eigenvalue weighted by Gasteiger charge is 2.27. The van der Waals surface area contributed by atoms with Crippen molar-refractivity contribution < 1.29 is 4.79 Å². The Bertz CT molecular complexity index is 375. The van der Waals surface area contributed by atoms with E-state index in [4.69, 9.17) is 6.42 Å². The van der Waals surface area contributed by atoms with E-state index in [1.165, 1.54) is 0 Å². The topological polar surface area (TPSA) is 36.1 Å². The fourth-order valence-electron chi connectivity index (χ4n) is 1.88. The highest BCUT2D eigenvalue weighted by atomic mass is 16.2. The van der Waals surface area contributed by atoms with Crippen molar-refractivity contribution >= 4 is 5.91 Å². The predicted molar refractivity (Wildman–Crippen MR) is 58.0 cm³/mol. The van der Waals surface area contributed by atoms with E-state index in [1.807, 2.05) is 23.2 Å². The molecular formula is C12H14N2O. The van der Waals surface area contributed by atoms with Gasteiger partial charge in [-0.25, -0.2) is 0 Å². The highest BCUT2D eigenvalue weighted by Crippen LogP contribution is 2.16. The molecule has 0 aliphatic carbocycles. The third-order valence-electron chi connectivity index (χ3n) is 2.76. The van der Waals surface area contributed by atoms with Gasteiger partial charge in [0.25, 0.3) is 0 Å². The number of nitrogens with one attached hydrogen (secondary N) is 1. The van der Waals surface area contributed by atoms with E-state index in [2.05, 4.69) is 10.9 Å². The van der Waals surface area contributed by atoms with Crippen molar-refractivity contribution in [3.8, 4) is 12.3 Å². The van der Waals surface area contributed by atoms with Crippen LogP contribution in [0.1, 0.15) is 12.1 Å². The van der Waals surface area contributed by atoms with Crippen LogP contribution < -0.4 is 0 Å². The van der Waals surface area contributed by atoms with Crippen LogP contribution in [0.5, 0.6) is 0 Å². The number of aromatic nitrogens is 1. The number of aromatic amines is 1. The molecule has 0 aromatic carbocycles. The summed E-state index contributed by atoms with van der Waals surface area (Å²) in [6, 6.07) is 3.99. The maximum absolute atomic E-state index is 11.5. The molecule has 2 rings (SSSR count). The quantitative estimate of drug-likeness (QED) is 0.730. The molecule has 3 nitrogen and oxygen atoms in total. The molecule has 0 radical (unpaired) electrons. The number of hydrogen-bond donors (Lipinski definition) is 1. The smallest absolute Gasteiger partial charge is 0.223 e. The molecule has 78 valence electrons. The van der Waals surface area contributed by atoms with E-state index < -0.39 is 0 Å². The molecule has 0 spiro atoms. The number of amides is 1. The van der Waals surface area contributed by atoms with Gasteiger partial charge in [-0.15, -0.1) is 12.3 Å². The summed E-state index contributed by atoms with van der Waals surface area (Å²) in [4.78, 5) is 16.5. The molecule has 1 fully saturated rings. The van der Waals surface area contributed by atoms with Gasteiger partial charge in [-0.1, -0.05) is 0 Å². The Labute approximate surface area is 89.5 Å². The average Bonchev–Trinajstić information content (AvgIpc) is 2.84. The van der Waals surface area contributed by atoms with Crippen LogP contribution in [0.3, 0.4) is 0 Å². The molecule has 1 unspecified atom stereocenters. The number of nitrogens with zero attached hydrogens (tertiary/aromatic N) is 1. The summed E-state index contributed by atoms with van der Waals surface area (Å²) in [5.74, 6) is 2.94. The summed E-state index contributed by atoms with van der Waals surface area (Å²) in [6.07, 6.45) is 8.59. The third-order valence-corrected chi connectivity index (χ3v) is 2.76. The van der Waals surface area contributed by atoms with Crippen molar-refractivity contribution in [1.82, 2.24) is 9.88 Å². The molecule has 2 heterocycles. The number of carbonyl (C=O) groups excluding carboxylic acids is 1. The van der Waals surface area contributed by atoms with Crippen LogP contribution in [0.2, 0.25) is 0 Å². The van der Waals surface area contributed by atoms with E-state index in [9.17, 15) is 4.79 Å². The summed E-state index contributed by atoms with van der Waals surface area (Å²) in [6.45, 7) is 1.48. The van der Waals surface area contributed by atoms with E-state index in [0.29, 0.717) is 6.42 Å². The highest BCUT2D eigenvalue weighted by molar-refractivity contribution is 5.79. The van der Waals surface area contributed by atoms with E-state index in [1.54, 1.807) is 0 Å². The molecule has 1 aliphatic rings. The van der Waals surface area contributed by atoms with Crippen LogP contribution in [0.4, 0.5) is 0 Å². The summed E-state index contributed by atoms with van der Waals surface area (Å²) in [5.41, 5.74) is 1.16. The van der Waals surface area contributed by atoms with E-state index in [0.717, 1.165) is 25.2 Å². The minimum Gasteiger partial charge on any atom is -0.365 e. The Balaban J connectivity index is 1.86. The minimum atomic E-state index is 0.112. The van der Waals surface area contributed by atoms with E-state index >= 15 is 0 Å². The van der Waals surface area contributed by atoms with Crippen molar-refractivity contribution in [2.75, 3.05) is 13.1 Å². The molecule has 3 heteroatoms. The van der Waals surface area contributed by atoms with Gasteiger partial charge in [0.1, 0.15) is 0 Å². The van der Waals surface area contributed by atoms with Crippen molar-refractivity contribution in [2.45, 2.75) is 12.8 Å². The first-order chi connectivity index (χ1) is 7.29. The summed E-state index contributed by atoms with van der Waals surface area (Å²) < 4.78 is 0. The first-order valence-corrected chi connectivity index (χ1v) is 5.16. The van der Waals surface area contributed by atoms with Crippen LogP contribution in [-0.2, 0) is 11.2 Å². The van der Waals surface area contributed by atoms with Gasteiger partial charge >= 0.3 is 0 Å². The maximum Gasteiger partial charge on any atom is 0.223 e. The van der Waals surface area contributed by atoms with Crippen LogP contribution in [0, 0.1) is 18.3 Å². The number of rotatable bonds is 3. The molecule has 1 amide bonds. The van der Waals surface area contributed by atoms with Crippen LogP contribution in [-0.4, -0.2) is 28.9 Å². The monoisotopic (exact) mass is 202 g/mol. The molecule has 1 N–H and O–H groups in total. The number of terminal acetylenes is 1. The average molecular weight is 202 g/mol. The number of carbonyl (C=O) groups is 1.